The molecule has 0 saturated heterocycles. The van der Waals surface area contributed by atoms with Crippen LogP contribution in [0.2, 0.25) is 0 Å². The van der Waals surface area contributed by atoms with Gasteiger partial charge in [0.1, 0.15) is 0 Å². The van der Waals surface area contributed by atoms with Crippen LogP contribution in [0.5, 0.6) is 0 Å². The third kappa shape index (κ3) is 3.41. The molecule has 0 spiro atoms. The van der Waals surface area contributed by atoms with Gasteiger partial charge >= 0.3 is 0 Å². The highest BCUT2D eigenvalue weighted by atomic mass is 14.7. The van der Waals surface area contributed by atoms with Crippen molar-refractivity contribution in [3.63, 3.8) is 0 Å². The van der Waals surface area contributed by atoms with Crippen molar-refractivity contribution in [3.05, 3.63) is 36.1 Å². The van der Waals surface area contributed by atoms with Gasteiger partial charge in [0.15, 0.2) is 0 Å². The molecule has 0 fully saturated rings. The van der Waals surface area contributed by atoms with Crippen LogP contribution in [0.25, 0.3) is 0 Å². The van der Waals surface area contributed by atoms with E-state index in [-0.39, 0.29) is 0 Å². The molecule has 0 amide bonds. The summed E-state index contributed by atoms with van der Waals surface area (Å²) < 4.78 is 0. The number of hydrogen-bond donors (Lipinski definition) is 0. The number of aliphatic imine (C=N–C) groups is 1. The summed E-state index contributed by atoms with van der Waals surface area (Å²) in [6.07, 6.45) is 10.4. The first-order valence-corrected chi connectivity index (χ1v) is 4.77. The van der Waals surface area contributed by atoms with Crippen LogP contribution in [0.15, 0.2) is 41.1 Å². The smallest absolute Gasteiger partial charge is 0.0299 e. The molecule has 1 rings (SSSR count). The first-order valence-electron chi connectivity index (χ1n) is 4.77. The number of rotatable bonds is 3. The fraction of sp³-hybridized carbons (Fsp3) is 0.417. The Hall–Kier alpha value is -1.11. The topological polar surface area (TPSA) is 12.4 Å². The van der Waals surface area contributed by atoms with Crippen LogP contribution in [-0.2, 0) is 0 Å². The minimum Gasteiger partial charge on any atom is -0.268 e. The highest BCUT2D eigenvalue weighted by Gasteiger charge is 2.01. The quantitative estimate of drug-likeness (QED) is 0.582. The lowest BCUT2D eigenvalue weighted by Gasteiger charge is -1.99. The molecule has 1 heteroatoms. The molecule has 0 aromatic rings. The van der Waals surface area contributed by atoms with Crippen molar-refractivity contribution in [2.24, 2.45) is 10.9 Å². The van der Waals surface area contributed by atoms with Crippen LogP contribution >= 0.6 is 0 Å². The number of hydrogen-bond acceptors (Lipinski definition) is 1. The molecule has 0 N–H and O–H groups in total. The number of nitrogens with zero attached hydrogens (tertiary/aromatic N) is 1. The second-order valence-corrected chi connectivity index (χ2v) is 3.57. The van der Waals surface area contributed by atoms with Crippen LogP contribution in [0.4, 0.5) is 0 Å². The van der Waals surface area contributed by atoms with Crippen molar-refractivity contribution in [1.82, 2.24) is 0 Å². The molecule has 0 aromatic heterocycles. The summed E-state index contributed by atoms with van der Waals surface area (Å²) in [5.74, 6) is 0.499. The normalized spacial score (nSPS) is 21.1. The second kappa shape index (κ2) is 4.80. The van der Waals surface area contributed by atoms with E-state index in [4.69, 9.17) is 0 Å². The van der Waals surface area contributed by atoms with Crippen molar-refractivity contribution < 1.29 is 0 Å². The monoisotopic (exact) mass is 175 g/mol. The highest BCUT2D eigenvalue weighted by molar-refractivity contribution is 5.65. The van der Waals surface area contributed by atoms with Crippen molar-refractivity contribution in [3.8, 4) is 0 Å². The van der Waals surface area contributed by atoms with Gasteiger partial charge in [0.2, 0.25) is 0 Å². The SMILES string of the molecule is C=C(C)CC1=CN=CC(CC)C=C1. The van der Waals surface area contributed by atoms with Crippen LogP contribution < -0.4 is 0 Å². The summed E-state index contributed by atoms with van der Waals surface area (Å²) in [6.45, 7) is 8.11. The summed E-state index contributed by atoms with van der Waals surface area (Å²) in [7, 11) is 0. The Labute approximate surface area is 80.6 Å². The van der Waals surface area contributed by atoms with Gasteiger partial charge in [0.05, 0.1) is 0 Å². The van der Waals surface area contributed by atoms with Crippen LogP contribution in [0.3, 0.4) is 0 Å². The summed E-state index contributed by atoms with van der Waals surface area (Å²) in [5.41, 5.74) is 2.43. The molecule has 1 unspecified atom stereocenters. The Morgan fingerprint density at radius 2 is 2.38 bits per heavy atom. The summed E-state index contributed by atoms with van der Waals surface area (Å²) in [4.78, 5) is 4.27. The van der Waals surface area contributed by atoms with E-state index in [9.17, 15) is 0 Å². The Morgan fingerprint density at radius 1 is 1.62 bits per heavy atom. The third-order valence-corrected chi connectivity index (χ3v) is 2.05. The highest BCUT2D eigenvalue weighted by Crippen LogP contribution is 2.15. The Balaban J connectivity index is 2.64. The van der Waals surface area contributed by atoms with E-state index in [1.165, 1.54) is 11.1 Å². The van der Waals surface area contributed by atoms with Crippen LogP contribution in [-0.4, -0.2) is 6.21 Å². The molecule has 0 radical (unpaired) electrons. The van der Waals surface area contributed by atoms with Gasteiger partial charge in [-0.1, -0.05) is 31.2 Å². The van der Waals surface area contributed by atoms with Gasteiger partial charge in [0, 0.05) is 18.3 Å². The van der Waals surface area contributed by atoms with E-state index in [2.05, 4.69) is 30.6 Å². The van der Waals surface area contributed by atoms with E-state index in [1.807, 2.05) is 19.3 Å². The first-order chi connectivity index (χ1) is 6.22. The van der Waals surface area contributed by atoms with E-state index in [0.717, 1.165) is 12.8 Å². The van der Waals surface area contributed by atoms with Gasteiger partial charge in [-0.3, -0.25) is 4.99 Å². The maximum atomic E-state index is 4.27. The molecule has 70 valence electrons. The molecular formula is C12H17N. The molecule has 1 atom stereocenters. The Kier molecular flexibility index (Phi) is 3.69. The van der Waals surface area contributed by atoms with Gasteiger partial charge in [0.25, 0.3) is 0 Å². The fourth-order valence-electron chi connectivity index (χ4n) is 1.28. The van der Waals surface area contributed by atoms with Crippen molar-refractivity contribution >= 4 is 6.21 Å². The Bertz CT molecular complexity index is 269. The zero-order valence-corrected chi connectivity index (χ0v) is 8.46. The predicted molar refractivity (Wildman–Crippen MR) is 58.9 cm³/mol. The molecule has 1 heterocycles. The lowest BCUT2D eigenvalue weighted by molar-refractivity contribution is 0.832. The fourth-order valence-corrected chi connectivity index (χ4v) is 1.28. The zero-order chi connectivity index (χ0) is 9.68. The third-order valence-electron chi connectivity index (χ3n) is 2.05. The summed E-state index contributed by atoms with van der Waals surface area (Å²) >= 11 is 0. The Morgan fingerprint density at radius 3 is 3.00 bits per heavy atom. The molecule has 0 saturated carbocycles. The van der Waals surface area contributed by atoms with Gasteiger partial charge in [-0.15, -0.1) is 0 Å². The zero-order valence-electron chi connectivity index (χ0n) is 8.46. The van der Waals surface area contributed by atoms with Gasteiger partial charge in [-0.2, -0.15) is 0 Å². The molecule has 1 aliphatic rings. The lowest BCUT2D eigenvalue weighted by atomic mass is 10.0. The molecule has 0 aliphatic carbocycles. The van der Waals surface area contributed by atoms with Gasteiger partial charge < -0.3 is 0 Å². The largest absolute Gasteiger partial charge is 0.268 e. The minimum absolute atomic E-state index is 0.499. The lowest BCUT2D eigenvalue weighted by Crippen LogP contribution is -1.93. The second-order valence-electron chi connectivity index (χ2n) is 3.57. The molecule has 1 nitrogen and oxygen atoms in total. The van der Waals surface area contributed by atoms with Crippen molar-refractivity contribution in [2.75, 3.05) is 0 Å². The van der Waals surface area contributed by atoms with E-state index >= 15 is 0 Å². The molecule has 0 bridgehead atoms. The average molecular weight is 175 g/mol. The van der Waals surface area contributed by atoms with Crippen LogP contribution in [0.1, 0.15) is 26.7 Å². The van der Waals surface area contributed by atoms with Gasteiger partial charge in [-0.25, -0.2) is 0 Å². The maximum absolute atomic E-state index is 4.27. The molecule has 0 aromatic carbocycles. The summed E-state index contributed by atoms with van der Waals surface area (Å²) in [6, 6.07) is 0. The van der Waals surface area contributed by atoms with Gasteiger partial charge in [-0.05, 0) is 25.3 Å². The average Bonchev–Trinajstić information content (AvgIpc) is 2.29. The van der Waals surface area contributed by atoms with E-state index in [1.54, 1.807) is 0 Å². The molecule has 13 heavy (non-hydrogen) atoms. The molecule has 1 aliphatic heterocycles. The van der Waals surface area contributed by atoms with Crippen LogP contribution in [0, 0.1) is 5.92 Å². The predicted octanol–water partition coefficient (Wildman–Crippen LogP) is 3.50. The minimum atomic E-state index is 0.499. The van der Waals surface area contributed by atoms with E-state index in [0.29, 0.717) is 5.92 Å². The standard InChI is InChI=1S/C12H17N/c1-4-11-5-6-12(7-10(2)3)9-13-8-11/h5-6,8-9,11H,2,4,7H2,1,3H3. The first kappa shape index (κ1) is 9.97. The van der Waals surface area contributed by atoms with Crippen molar-refractivity contribution in [2.45, 2.75) is 26.7 Å². The number of allylic oxidation sites excluding steroid dienone is 4. The molecular weight excluding hydrogens is 158 g/mol. The maximum Gasteiger partial charge on any atom is 0.0299 e. The van der Waals surface area contributed by atoms with E-state index < -0.39 is 0 Å². The summed E-state index contributed by atoms with van der Waals surface area (Å²) in [5, 5.41) is 0. The van der Waals surface area contributed by atoms with Crippen molar-refractivity contribution in [1.29, 1.82) is 0 Å².